The van der Waals surface area contributed by atoms with E-state index in [1.807, 2.05) is 13.8 Å². The Balaban J connectivity index is 2.57. The van der Waals surface area contributed by atoms with Gasteiger partial charge in [0.1, 0.15) is 0 Å². The summed E-state index contributed by atoms with van der Waals surface area (Å²) in [4.78, 5) is 37.3. The molecule has 1 unspecified atom stereocenters. The average molecular weight is 334 g/mol. The summed E-state index contributed by atoms with van der Waals surface area (Å²) in [6.45, 7) is 5.35. The number of carboxylic acids is 1. The molecule has 6 nitrogen and oxygen atoms in total. The van der Waals surface area contributed by atoms with Crippen LogP contribution in [0.15, 0.2) is 30.3 Å². The SMILES string of the molecule is CCCN(CCC)C(=O)CCC(=O)NC(C(=O)O)c1ccccc1. The van der Waals surface area contributed by atoms with Gasteiger partial charge in [0, 0.05) is 25.9 Å². The van der Waals surface area contributed by atoms with Crippen LogP contribution in [0.5, 0.6) is 0 Å². The van der Waals surface area contributed by atoms with Gasteiger partial charge in [0.15, 0.2) is 6.04 Å². The highest BCUT2D eigenvalue weighted by molar-refractivity contribution is 5.87. The number of aliphatic carboxylic acids is 1. The van der Waals surface area contributed by atoms with E-state index in [4.69, 9.17) is 0 Å². The van der Waals surface area contributed by atoms with Crippen molar-refractivity contribution in [2.75, 3.05) is 13.1 Å². The van der Waals surface area contributed by atoms with Crippen LogP contribution in [0, 0.1) is 0 Å². The zero-order valence-corrected chi connectivity index (χ0v) is 14.3. The number of hydrogen-bond donors (Lipinski definition) is 2. The van der Waals surface area contributed by atoms with Crippen molar-refractivity contribution in [2.45, 2.75) is 45.6 Å². The van der Waals surface area contributed by atoms with Crippen molar-refractivity contribution in [1.82, 2.24) is 10.2 Å². The quantitative estimate of drug-likeness (QED) is 0.688. The monoisotopic (exact) mass is 334 g/mol. The molecule has 0 saturated carbocycles. The van der Waals surface area contributed by atoms with Crippen molar-refractivity contribution >= 4 is 17.8 Å². The van der Waals surface area contributed by atoms with Crippen molar-refractivity contribution < 1.29 is 19.5 Å². The lowest BCUT2D eigenvalue weighted by Crippen LogP contribution is -2.36. The van der Waals surface area contributed by atoms with Gasteiger partial charge in [-0.1, -0.05) is 44.2 Å². The first-order valence-electron chi connectivity index (χ1n) is 8.34. The first-order valence-corrected chi connectivity index (χ1v) is 8.34. The molecule has 24 heavy (non-hydrogen) atoms. The Kier molecular flexibility index (Phi) is 8.54. The highest BCUT2D eigenvalue weighted by Gasteiger charge is 2.22. The second kappa shape index (κ2) is 10.4. The molecule has 1 rings (SSSR count). The van der Waals surface area contributed by atoms with Crippen LogP contribution < -0.4 is 5.32 Å². The van der Waals surface area contributed by atoms with Crippen LogP contribution >= 0.6 is 0 Å². The van der Waals surface area contributed by atoms with Crippen LogP contribution in [0.25, 0.3) is 0 Å². The fourth-order valence-corrected chi connectivity index (χ4v) is 2.45. The topological polar surface area (TPSA) is 86.7 Å². The van der Waals surface area contributed by atoms with Crippen LogP contribution in [0.4, 0.5) is 0 Å². The van der Waals surface area contributed by atoms with E-state index in [0.29, 0.717) is 18.7 Å². The Morgan fingerprint density at radius 2 is 1.62 bits per heavy atom. The van der Waals surface area contributed by atoms with Crippen molar-refractivity contribution in [3.63, 3.8) is 0 Å². The standard InChI is InChI=1S/C18H26N2O4/c1-3-12-20(13-4-2)16(22)11-10-15(21)19-17(18(23)24)14-8-6-5-7-9-14/h5-9,17H,3-4,10-13H2,1-2H3,(H,19,21)(H,23,24). The van der Waals surface area contributed by atoms with E-state index in [-0.39, 0.29) is 18.7 Å². The molecule has 6 heteroatoms. The molecule has 0 aliphatic carbocycles. The molecule has 0 aromatic heterocycles. The number of amides is 2. The van der Waals surface area contributed by atoms with E-state index in [0.717, 1.165) is 12.8 Å². The first kappa shape index (κ1) is 19.7. The maximum Gasteiger partial charge on any atom is 0.330 e. The van der Waals surface area contributed by atoms with E-state index in [1.165, 1.54) is 0 Å². The number of nitrogens with one attached hydrogen (secondary N) is 1. The Labute approximate surface area is 142 Å². The number of nitrogens with zero attached hydrogens (tertiary/aromatic N) is 1. The maximum absolute atomic E-state index is 12.1. The molecule has 0 aliphatic heterocycles. The van der Waals surface area contributed by atoms with Crippen LogP contribution in [-0.2, 0) is 14.4 Å². The third-order valence-electron chi connectivity index (χ3n) is 3.59. The third kappa shape index (κ3) is 6.40. The summed E-state index contributed by atoms with van der Waals surface area (Å²) in [5.41, 5.74) is 0.503. The van der Waals surface area contributed by atoms with Crippen LogP contribution in [-0.4, -0.2) is 40.9 Å². The van der Waals surface area contributed by atoms with Crippen LogP contribution in [0.1, 0.15) is 51.1 Å². The molecule has 1 aromatic rings. The lowest BCUT2D eigenvalue weighted by Gasteiger charge is -2.21. The summed E-state index contributed by atoms with van der Waals surface area (Å²) in [6, 6.07) is 7.40. The number of benzene rings is 1. The van der Waals surface area contributed by atoms with Gasteiger partial charge < -0.3 is 15.3 Å². The molecule has 0 aliphatic rings. The number of carboxylic acid groups (broad SMARTS) is 1. The minimum atomic E-state index is -1.13. The van der Waals surface area contributed by atoms with Crippen molar-refractivity contribution in [3.8, 4) is 0 Å². The lowest BCUT2D eigenvalue weighted by molar-refractivity contribution is -0.142. The molecule has 1 aromatic carbocycles. The van der Waals surface area contributed by atoms with Crippen LogP contribution in [0.3, 0.4) is 0 Å². The summed E-state index contributed by atoms with van der Waals surface area (Å²) in [6.07, 6.45) is 1.81. The number of rotatable bonds is 10. The Morgan fingerprint density at radius 1 is 1.04 bits per heavy atom. The molecule has 132 valence electrons. The molecular weight excluding hydrogens is 308 g/mol. The van der Waals surface area contributed by atoms with E-state index < -0.39 is 17.9 Å². The van der Waals surface area contributed by atoms with E-state index in [2.05, 4.69) is 5.32 Å². The predicted molar refractivity (Wildman–Crippen MR) is 91.4 cm³/mol. The molecule has 1 atom stereocenters. The summed E-state index contributed by atoms with van der Waals surface area (Å²) >= 11 is 0. The zero-order chi connectivity index (χ0) is 17.9. The van der Waals surface area contributed by atoms with Gasteiger partial charge >= 0.3 is 5.97 Å². The Hall–Kier alpha value is -2.37. The van der Waals surface area contributed by atoms with Crippen molar-refractivity contribution in [3.05, 3.63) is 35.9 Å². The number of carbonyl (C=O) groups is 3. The Bertz CT molecular complexity index is 539. The number of hydrogen-bond acceptors (Lipinski definition) is 3. The molecule has 2 N–H and O–H groups in total. The summed E-state index contributed by atoms with van der Waals surface area (Å²) in [5.74, 6) is -1.63. The maximum atomic E-state index is 12.1. The lowest BCUT2D eigenvalue weighted by atomic mass is 10.1. The van der Waals surface area contributed by atoms with E-state index in [1.54, 1.807) is 35.2 Å². The van der Waals surface area contributed by atoms with E-state index in [9.17, 15) is 19.5 Å². The van der Waals surface area contributed by atoms with E-state index >= 15 is 0 Å². The Morgan fingerprint density at radius 3 is 2.12 bits per heavy atom. The molecular formula is C18H26N2O4. The second-order valence-corrected chi connectivity index (χ2v) is 5.63. The van der Waals surface area contributed by atoms with Gasteiger partial charge in [0.2, 0.25) is 11.8 Å². The predicted octanol–water partition coefficient (Wildman–Crippen LogP) is 2.36. The fourth-order valence-electron chi connectivity index (χ4n) is 2.45. The largest absolute Gasteiger partial charge is 0.479 e. The first-order chi connectivity index (χ1) is 11.5. The summed E-state index contributed by atoms with van der Waals surface area (Å²) in [7, 11) is 0. The van der Waals surface area contributed by atoms with Crippen LogP contribution in [0.2, 0.25) is 0 Å². The van der Waals surface area contributed by atoms with Gasteiger partial charge in [0.25, 0.3) is 0 Å². The smallest absolute Gasteiger partial charge is 0.330 e. The highest BCUT2D eigenvalue weighted by Crippen LogP contribution is 2.13. The summed E-state index contributed by atoms with van der Waals surface area (Å²) < 4.78 is 0. The van der Waals surface area contributed by atoms with Crippen molar-refractivity contribution in [1.29, 1.82) is 0 Å². The van der Waals surface area contributed by atoms with Gasteiger partial charge in [-0.25, -0.2) is 4.79 Å². The molecule has 0 bridgehead atoms. The van der Waals surface area contributed by atoms with Gasteiger partial charge in [-0.15, -0.1) is 0 Å². The highest BCUT2D eigenvalue weighted by atomic mass is 16.4. The van der Waals surface area contributed by atoms with Gasteiger partial charge in [-0.2, -0.15) is 0 Å². The third-order valence-corrected chi connectivity index (χ3v) is 3.59. The average Bonchev–Trinajstić information content (AvgIpc) is 2.57. The minimum Gasteiger partial charge on any atom is -0.479 e. The molecule has 2 amide bonds. The van der Waals surface area contributed by atoms with Gasteiger partial charge in [-0.3, -0.25) is 9.59 Å². The fraction of sp³-hybridized carbons (Fsp3) is 0.500. The molecule has 0 spiro atoms. The zero-order valence-electron chi connectivity index (χ0n) is 14.3. The molecule has 0 fully saturated rings. The second-order valence-electron chi connectivity index (χ2n) is 5.63. The van der Waals surface area contributed by atoms with Gasteiger partial charge in [0.05, 0.1) is 0 Å². The van der Waals surface area contributed by atoms with Gasteiger partial charge in [-0.05, 0) is 18.4 Å². The molecule has 0 heterocycles. The molecule has 0 radical (unpaired) electrons. The summed E-state index contributed by atoms with van der Waals surface area (Å²) in [5, 5.41) is 11.8. The number of carbonyl (C=O) groups excluding carboxylic acids is 2. The molecule has 0 saturated heterocycles. The normalized spacial score (nSPS) is 11.6. The minimum absolute atomic E-state index is 0.0145. The van der Waals surface area contributed by atoms with Crippen molar-refractivity contribution in [2.24, 2.45) is 0 Å².